The van der Waals surface area contributed by atoms with E-state index < -0.39 is 5.97 Å². The van der Waals surface area contributed by atoms with E-state index in [0.29, 0.717) is 29.7 Å². The first kappa shape index (κ1) is 18.7. The first-order valence-corrected chi connectivity index (χ1v) is 9.44. The Balaban J connectivity index is 1.85. The highest BCUT2D eigenvalue weighted by Gasteiger charge is 2.23. The van der Waals surface area contributed by atoms with Gasteiger partial charge in [-0.3, -0.25) is 0 Å². The van der Waals surface area contributed by atoms with E-state index >= 15 is 0 Å². The standard InChI is InChI=1S/C24H21N3O2/c1-16-19-10-6-7-11-21(19)27-15-18(14-26-13-17-8-4-3-5-9-17)20(12-25)23(27)22(16)24(28)29-2/h3-11,15,26H,13-14H2,1-2H3. The van der Waals surface area contributed by atoms with Gasteiger partial charge in [-0.2, -0.15) is 5.26 Å². The van der Waals surface area contributed by atoms with E-state index in [1.807, 2.05) is 60.0 Å². The first-order chi connectivity index (χ1) is 14.2. The van der Waals surface area contributed by atoms with Gasteiger partial charge in [-0.15, -0.1) is 0 Å². The van der Waals surface area contributed by atoms with Gasteiger partial charge in [-0.05, 0) is 24.1 Å². The molecule has 0 atom stereocenters. The molecule has 0 aliphatic rings. The van der Waals surface area contributed by atoms with Crippen LogP contribution in [0.1, 0.15) is 32.6 Å². The van der Waals surface area contributed by atoms with Crippen LogP contribution in [0.25, 0.3) is 16.4 Å². The molecule has 0 saturated heterocycles. The monoisotopic (exact) mass is 383 g/mol. The molecule has 5 heteroatoms. The maximum atomic E-state index is 12.6. The fourth-order valence-electron chi connectivity index (χ4n) is 3.85. The third-order valence-electron chi connectivity index (χ3n) is 5.25. The first-order valence-electron chi connectivity index (χ1n) is 9.44. The molecule has 2 heterocycles. The summed E-state index contributed by atoms with van der Waals surface area (Å²) in [6.45, 7) is 3.12. The number of pyridine rings is 1. The predicted octanol–water partition coefficient (Wildman–Crippen LogP) is 4.35. The zero-order chi connectivity index (χ0) is 20.4. The minimum Gasteiger partial charge on any atom is -0.465 e. The van der Waals surface area contributed by atoms with Crippen LogP contribution < -0.4 is 5.32 Å². The quantitative estimate of drug-likeness (QED) is 0.520. The lowest BCUT2D eigenvalue weighted by Gasteiger charge is -2.12. The molecule has 0 aliphatic heterocycles. The molecule has 2 aromatic carbocycles. The molecule has 2 aromatic heterocycles. The Morgan fingerprint density at radius 2 is 1.83 bits per heavy atom. The predicted molar refractivity (Wildman–Crippen MR) is 113 cm³/mol. The van der Waals surface area contributed by atoms with Crippen molar-refractivity contribution in [3.05, 3.63) is 88.6 Å². The Morgan fingerprint density at radius 1 is 1.10 bits per heavy atom. The third-order valence-corrected chi connectivity index (χ3v) is 5.25. The molecule has 144 valence electrons. The normalized spacial score (nSPS) is 10.9. The van der Waals surface area contributed by atoms with Gasteiger partial charge in [-0.25, -0.2) is 4.79 Å². The molecular formula is C24H21N3O2. The largest absolute Gasteiger partial charge is 0.465 e. The van der Waals surface area contributed by atoms with Gasteiger partial charge in [0.2, 0.25) is 0 Å². The molecule has 0 spiro atoms. The number of ether oxygens (including phenoxy) is 1. The lowest BCUT2D eigenvalue weighted by molar-refractivity contribution is 0.0602. The minimum absolute atomic E-state index is 0.434. The number of nitrogens with zero attached hydrogens (tertiary/aromatic N) is 2. The molecule has 0 aliphatic carbocycles. The van der Waals surface area contributed by atoms with Crippen molar-refractivity contribution >= 4 is 22.4 Å². The van der Waals surface area contributed by atoms with Crippen molar-refractivity contribution in [2.24, 2.45) is 0 Å². The molecule has 0 fully saturated rings. The summed E-state index contributed by atoms with van der Waals surface area (Å²) < 4.78 is 6.98. The van der Waals surface area contributed by atoms with Crippen LogP contribution in [0.15, 0.2) is 60.8 Å². The van der Waals surface area contributed by atoms with Gasteiger partial charge in [0.25, 0.3) is 0 Å². The second-order valence-corrected chi connectivity index (χ2v) is 6.96. The summed E-state index contributed by atoms with van der Waals surface area (Å²) in [7, 11) is 1.37. The van der Waals surface area contributed by atoms with Gasteiger partial charge in [0.15, 0.2) is 0 Å². The summed E-state index contributed by atoms with van der Waals surface area (Å²) in [4.78, 5) is 12.6. The molecule has 1 N–H and O–H groups in total. The number of aryl methyl sites for hydroxylation is 1. The lowest BCUT2D eigenvalue weighted by atomic mass is 10.0. The molecule has 0 radical (unpaired) electrons. The summed E-state index contributed by atoms with van der Waals surface area (Å²) in [5.41, 5.74) is 5.34. The lowest BCUT2D eigenvalue weighted by Crippen LogP contribution is -2.12. The number of nitriles is 1. The van der Waals surface area contributed by atoms with Crippen LogP contribution in [0.3, 0.4) is 0 Å². The molecule has 29 heavy (non-hydrogen) atoms. The number of methoxy groups -OCH3 is 1. The summed E-state index contributed by atoms with van der Waals surface area (Å²) in [5, 5.41) is 14.3. The molecular weight excluding hydrogens is 362 g/mol. The van der Waals surface area contributed by atoms with E-state index in [4.69, 9.17) is 4.74 Å². The van der Waals surface area contributed by atoms with Crippen LogP contribution >= 0.6 is 0 Å². The Labute approximate surface area is 169 Å². The van der Waals surface area contributed by atoms with E-state index in [0.717, 1.165) is 22.0 Å². The Hall–Kier alpha value is -3.62. The smallest absolute Gasteiger partial charge is 0.340 e. The number of fused-ring (bicyclic) bond motifs is 3. The number of hydrogen-bond donors (Lipinski definition) is 1. The summed E-state index contributed by atoms with van der Waals surface area (Å²) in [5.74, 6) is -0.434. The highest BCUT2D eigenvalue weighted by atomic mass is 16.5. The highest BCUT2D eigenvalue weighted by molar-refractivity contribution is 6.06. The van der Waals surface area contributed by atoms with Crippen LogP contribution in [0.2, 0.25) is 0 Å². The topological polar surface area (TPSA) is 66.5 Å². The van der Waals surface area contributed by atoms with E-state index in [1.54, 1.807) is 0 Å². The van der Waals surface area contributed by atoms with Crippen molar-refractivity contribution in [3.63, 3.8) is 0 Å². The fourth-order valence-corrected chi connectivity index (χ4v) is 3.85. The molecule has 0 unspecified atom stereocenters. The second-order valence-electron chi connectivity index (χ2n) is 6.96. The van der Waals surface area contributed by atoms with Crippen LogP contribution in [-0.2, 0) is 17.8 Å². The number of para-hydroxylation sites is 1. The number of hydrogen-bond acceptors (Lipinski definition) is 4. The van der Waals surface area contributed by atoms with E-state index in [1.165, 1.54) is 12.7 Å². The van der Waals surface area contributed by atoms with Gasteiger partial charge in [-0.1, -0.05) is 48.5 Å². The Morgan fingerprint density at radius 3 is 2.55 bits per heavy atom. The highest BCUT2D eigenvalue weighted by Crippen LogP contribution is 2.31. The Bertz CT molecular complexity index is 1250. The number of carbonyl (C=O) groups is 1. The molecule has 0 bridgehead atoms. The average Bonchev–Trinajstić information content (AvgIpc) is 3.12. The van der Waals surface area contributed by atoms with E-state index in [2.05, 4.69) is 23.5 Å². The van der Waals surface area contributed by atoms with Crippen molar-refractivity contribution in [1.82, 2.24) is 9.72 Å². The van der Waals surface area contributed by atoms with Gasteiger partial charge in [0, 0.05) is 30.2 Å². The summed E-state index contributed by atoms with van der Waals surface area (Å²) >= 11 is 0. The number of aromatic nitrogens is 1. The maximum Gasteiger partial charge on any atom is 0.340 e. The number of carbonyl (C=O) groups excluding carboxylic acids is 1. The maximum absolute atomic E-state index is 12.6. The molecule has 4 aromatic rings. The van der Waals surface area contributed by atoms with Gasteiger partial charge >= 0.3 is 5.97 Å². The van der Waals surface area contributed by atoms with Crippen LogP contribution in [-0.4, -0.2) is 17.5 Å². The van der Waals surface area contributed by atoms with Crippen molar-refractivity contribution in [2.45, 2.75) is 20.0 Å². The van der Waals surface area contributed by atoms with Crippen LogP contribution in [0.5, 0.6) is 0 Å². The Kier molecular flexibility index (Phi) is 5.03. The molecule has 5 nitrogen and oxygen atoms in total. The fraction of sp³-hybridized carbons (Fsp3) is 0.167. The van der Waals surface area contributed by atoms with Crippen molar-refractivity contribution in [3.8, 4) is 6.07 Å². The van der Waals surface area contributed by atoms with Crippen molar-refractivity contribution in [1.29, 1.82) is 5.26 Å². The number of benzene rings is 2. The minimum atomic E-state index is -0.434. The van der Waals surface area contributed by atoms with Gasteiger partial charge in [0.1, 0.15) is 6.07 Å². The third kappa shape index (κ3) is 3.24. The van der Waals surface area contributed by atoms with Gasteiger partial charge in [0.05, 0.1) is 29.3 Å². The SMILES string of the molecule is COC(=O)c1c(C)c2ccccc2n2cc(CNCc3ccccc3)c(C#N)c12. The zero-order valence-electron chi connectivity index (χ0n) is 16.4. The number of esters is 1. The molecule has 4 rings (SSSR count). The summed E-state index contributed by atoms with van der Waals surface area (Å²) in [6, 6.07) is 20.3. The van der Waals surface area contributed by atoms with E-state index in [9.17, 15) is 10.1 Å². The van der Waals surface area contributed by atoms with E-state index in [-0.39, 0.29) is 0 Å². The number of rotatable bonds is 5. The zero-order valence-corrected chi connectivity index (χ0v) is 16.4. The summed E-state index contributed by atoms with van der Waals surface area (Å²) in [6.07, 6.45) is 1.94. The van der Waals surface area contributed by atoms with Crippen molar-refractivity contribution in [2.75, 3.05) is 7.11 Å². The second kappa shape index (κ2) is 7.78. The molecule has 0 saturated carbocycles. The average molecular weight is 383 g/mol. The van der Waals surface area contributed by atoms with Gasteiger partial charge < -0.3 is 14.5 Å². The van der Waals surface area contributed by atoms with Crippen LogP contribution in [0, 0.1) is 18.3 Å². The van der Waals surface area contributed by atoms with Crippen LogP contribution in [0.4, 0.5) is 0 Å². The molecule has 0 amide bonds. The number of nitrogens with one attached hydrogen (secondary N) is 1. The van der Waals surface area contributed by atoms with Crippen molar-refractivity contribution < 1.29 is 9.53 Å².